The lowest BCUT2D eigenvalue weighted by Crippen LogP contribution is -2.16. The molecular formula is C22H20N2O2S. The molecular weight excluding hydrogens is 356 g/mol. The summed E-state index contributed by atoms with van der Waals surface area (Å²) in [6.07, 6.45) is 0. The fourth-order valence-corrected chi connectivity index (χ4v) is 4.69. The second kappa shape index (κ2) is 7.00. The molecule has 0 aliphatic heterocycles. The average molecular weight is 376 g/mol. The molecule has 0 amide bonds. The number of rotatable bonds is 5. The minimum absolute atomic E-state index is 0.316. The summed E-state index contributed by atoms with van der Waals surface area (Å²) in [6, 6.07) is 26.4. The largest absolute Gasteiger partial charge is 0.322 e. The first-order valence-electron chi connectivity index (χ1n) is 8.85. The van der Waals surface area contributed by atoms with Gasteiger partial charge in [-0.2, -0.15) is 0 Å². The normalized spacial score (nSPS) is 12.9. The van der Waals surface area contributed by atoms with Gasteiger partial charge in [-0.3, -0.25) is 0 Å². The predicted octanol–water partition coefficient (Wildman–Crippen LogP) is 4.62. The van der Waals surface area contributed by atoms with Gasteiger partial charge in [0.15, 0.2) is 9.84 Å². The summed E-state index contributed by atoms with van der Waals surface area (Å²) in [5.74, 6) is 0.559. The van der Waals surface area contributed by atoms with Crippen LogP contribution >= 0.6 is 0 Å². The van der Waals surface area contributed by atoms with Gasteiger partial charge < -0.3 is 4.57 Å². The highest BCUT2D eigenvalue weighted by atomic mass is 32.2. The minimum Gasteiger partial charge on any atom is -0.322 e. The summed E-state index contributed by atoms with van der Waals surface area (Å²) < 4.78 is 28.3. The van der Waals surface area contributed by atoms with Crippen molar-refractivity contribution in [2.24, 2.45) is 0 Å². The Morgan fingerprint density at radius 3 is 2.15 bits per heavy atom. The van der Waals surface area contributed by atoms with E-state index in [1.165, 1.54) is 0 Å². The molecule has 1 aromatic heterocycles. The van der Waals surface area contributed by atoms with E-state index in [9.17, 15) is 8.42 Å². The molecule has 0 N–H and O–H groups in total. The molecule has 0 aliphatic carbocycles. The predicted molar refractivity (Wildman–Crippen MR) is 107 cm³/mol. The van der Waals surface area contributed by atoms with Crippen LogP contribution in [0.5, 0.6) is 0 Å². The van der Waals surface area contributed by atoms with E-state index in [0.717, 1.165) is 16.6 Å². The van der Waals surface area contributed by atoms with Crippen LogP contribution in [-0.4, -0.2) is 18.0 Å². The van der Waals surface area contributed by atoms with E-state index in [2.05, 4.69) is 4.98 Å². The van der Waals surface area contributed by atoms with E-state index in [1.54, 1.807) is 31.2 Å². The molecule has 0 fully saturated rings. The van der Waals surface area contributed by atoms with Crippen molar-refractivity contribution >= 4 is 20.9 Å². The Bertz CT molecular complexity index is 1170. The van der Waals surface area contributed by atoms with Crippen molar-refractivity contribution in [2.75, 3.05) is 0 Å². The third-order valence-electron chi connectivity index (χ3n) is 4.77. The average Bonchev–Trinajstić information content (AvgIpc) is 3.07. The van der Waals surface area contributed by atoms with Crippen LogP contribution in [0, 0.1) is 0 Å². The number of benzene rings is 3. The Morgan fingerprint density at radius 1 is 0.852 bits per heavy atom. The molecule has 0 saturated carbocycles. The molecule has 5 heteroatoms. The van der Waals surface area contributed by atoms with E-state index >= 15 is 0 Å². The van der Waals surface area contributed by atoms with Crippen molar-refractivity contribution in [3.8, 4) is 0 Å². The smallest absolute Gasteiger partial charge is 0.188 e. The Balaban J connectivity index is 1.85. The molecule has 0 aliphatic rings. The molecule has 0 bridgehead atoms. The summed E-state index contributed by atoms with van der Waals surface area (Å²) in [7, 11) is -3.54. The van der Waals surface area contributed by atoms with Crippen molar-refractivity contribution in [1.29, 1.82) is 0 Å². The van der Waals surface area contributed by atoms with Crippen LogP contribution in [0.3, 0.4) is 0 Å². The van der Waals surface area contributed by atoms with E-state index in [0.29, 0.717) is 17.3 Å². The highest BCUT2D eigenvalue weighted by Gasteiger charge is 2.29. The lowest BCUT2D eigenvalue weighted by Gasteiger charge is -2.16. The van der Waals surface area contributed by atoms with Crippen LogP contribution in [0.1, 0.15) is 23.6 Å². The quantitative estimate of drug-likeness (QED) is 0.511. The molecule has 1 unspecified atom stereocenters. The molecule has 4 aromatic rings. The molecule has 136 valence electrons. The van der Waals surface area contributed by atoms with E-state index in [-0.39, 0.29) is 0 Å². The lowest BCUT2D eigenvalue weighted by molar-refractivity contribution is 0.579. The number of para-hydroxylation sites is 2. The third-order valence-corrected chi connectivity index (χ3v) is 6.84. The molecule has 0 spiro atoms. The summed E-state index contributed by atoms with van der Waals surface area (Å²) in [4.78, 5) is 5.00. The van der Waals surface area contributed by atoms with E-state index in [1.807, 2.05) is 65.2 Å². The highest BCUT2D eigenvalue weighted by molar-refractivity contribution is 7.91. The van der Waals surface area contributed by atoms with Gasteiger partial charge >= 0.3 is 0 Å². The molecule has 0 radical (unpaired) electrons. The van der Waals surface area contributed by atoms with Crippen molar-refractivity contribution in [2.45, 2.75) is 23.6 Å². The minimum atomic E-state index is -3.54. The van der Waals surface area contributed by atoms with Gasteiger partial charge in [0.2, 0.25) is 0 Å². The van der Waals surface area contributed by atoms with Crippen molar-refractivity contribution in [3.05, 3.63) is 96.3 Å². The number of fused-ring (bicyclic) bond motifs is 1. The lowest BCUT2D eigenvalue weighted by atomic mass is 10.2. The Labute approximate surface area is 159 Å². The number of aromatic nitrogens is 2. The van der Waals surface area contributed by atoms with Gasteiger partial charge in [-0.25, -0.2) is 13.4 Å². The first kappa shape index (κ1) is 17.5. The highest BCUT2D eigenvalue weighted by Crippen LogP contribution is 2.31. The number of hydrogen-bond donors (Lipinski definition) is 0. The molecule has 4 nitrogen and oxygen atoms in total. The van der Waals surface area contributed by atoms with Crippen LogP contribution in [0.15, 0.2) is 89.8 Å². The Morgan fingerprint density at radius 2 is 1.44 bits per heavy atom. The zero-order chi connectivity index (χ0) is 18.9. The second-order valence-corrected chi connectivity index (χ2v) is 8.80. The summed E-state index contributed by atoms with van der Waals surface area (Å²) in [5.41, 5.74) is 2.84. The first-order valence-corrected chi connectivity index (χ1v) is 10.4. The number of hydrogen-bond acceptors (Lipinski definition) is 3. The van der Waals surface area contributed by atoms with Gasteiger partial charge in [-0.1, -0.05) is 60.7 Å². The number of imidazole rings is 1. The van der Waals surface area contributed by atoms with Crippen LogP contribution in [-0.2, 0) is 16.4 Å². The maximum atomic E-state index is 13.2. The summed E-state index contributed by atoms with van der Waals surface area (Å²) in [5, 5.41) is -0.754. The first-order chi connectivity index (χ1) is 13.1. The van der Waals surface area contributed by atoms with Gasteiger partial charge in [0.05, 0.1) is 15.9 Å². The maximum Gasteiger partial charge on any atom is 0.188 e. The molecule has 4 rings (SSSR count). The monoisotopic (exact) mass is 376 g/mol. The fourth-order valence-electron chi connectivity index (χ4n) is 3.29. The topological polar surface area (TPSA) is 52.0 Å². The van der Waals surface area contributed by atoms with Crippen LogP contribution < -0.4 is 0 Å². The molecule has 1 heterocycles. The van der Waals surface area contributed by atoms with Gasteiger partial charge in [0.25, 0.3) is 0 Å². The summed E-state index contributed by atoms with van der Waals surface area (Å²) in [6.45, 7) is 2.29. The van der Waals surface area contributed by atoms with E-state index in [4.69, 9.17) is 0 Å². The second-order valence-electron chi connectivity index (χ2n) is 6.53. The number of nitrogens with zero attached hydrogens (tertiary/aromatic N) is 2. The summed E-state index contributed by atoms with van der Waals surface area (Å²) >= 11 is 0. The maximum absolute atomic E-state index is 13.2. The zero-order valence-electron chi connectivity index (χ0n) is 15.0. The van der Waals surface area contributed by atoms with Crippen molar-refractivity contribution in [3.63, 3.8) is 0 Å². The zero-order valence-corrected chi connectivity index (χ0v) is 15.8. The van der Waals surface area contributed by atoms with Crippen LogP contribution in [0.4, 0.5) is 0 Å². The van der Waals surface area contributed by atoms with Gasteiger partial charge in [-0.15, -0.1) is 0 Å². The Kier molecular flexibility index (Phi) is 4.54. The molecule has 0 saturated heterocycles. The number of sulfone groups is 1. The Hall–Kier alpha value is -2.92. The molecule has 27 heavy (non-hydrogen) atoms. The fraction of sp³-hybridized carbons (Fsp3) is 0.136. The van der Waals surface area contributed by atoms with Crippen molar-refractivity contribution in [1.82, 2.24) is 9.55 Å². The molecule has 3 aromatic carbocycles. The van der Waals surface area contributed by atoms with Crippen LogP contribution in [0.2, 0.25) is 0 Å². The molecule has 1 atom stereocenters. The van der Waals surface area contributed by atoms with E-state index < -0.39 is 15.1 Å². The SMILES string of the molecule is CC(c1nc2ccccc2n1Cc1ccccc1)S(=O)(=O)c1ccccc1. The van der Waals surface area contributed by atoms with Crippen LogP contribution in [0.25, 0.3) is 11.0 Å². The van der Waals surface area contributed by atoms with Gasteiger partial charge in [0.1, 0.15) is 11.1 Å². The third kappa shape index (κ3) is 3.26. The van der Waals surface area contributed by atoms with Gasteiger partial charge in [-0.05, 0) is 36.8 Å². The van der Waals surface area contributed by atoms with Crippen molar-refractivity contribution < 1.29 is 8.42 Å². The van der Waals surface area contributed by atoms with Gasteiger partial charge in [0, 0.05) is 6.54 Å². The standard InChI is InChI=1S/C22H20N2O2S/c1-17(27(25,26)19-12-6-3-7-13-19)22-23-20-14-8-9-15-21(20)24(22)16-18-10-4-2-5-11-18/h2-15,17H,16H2,1H3.